The summed E-state index contributed by atoms with van der Waals surface area (Å²) in [6.45, 7) is 4.65. The number of benzene rings is 1. The maximum Gasteiger partial charge on any atom is 0.338 e. The molecule has 228 valence electrons. The number of imide groups is 1. The Morgan fingerprint density at radius 3 is 1.93 bits per heavy atom. The van der Waals surface area contributed by atoms with E-state index in [-0.39, 0.29) is 72.8 Å². The zero-order chi connectivity index (χ0) is 30.3. The van der Waals surface area contributed by atoms with E-state index in [1.165, 1.54) is 12.1 Å². The second kappa shape index (κ2) is 17.8. The molecule has 12 nitrogen and oxygen atoms in total. The van der Waals surface area contributed by atoms with Crippen molar-refractivity contribution < 1.29 is 51.3 Å². The molecular weight excluding hydrogens is 578 g/mol. The van der Waals surface area contributed by atoms with Crippen LogP contribution in [0.4, 0.5) is 0 Å². The predicted molar refractivity (Wildman–Crippen MR) is 148 cm³/mol. The molecule has 1 fully saturated rings. The third-order valence-electron chi connectivity index (χ3n) is 5.96. The number of sulfonamides is 1. The lowest BCUT2D eigenvalue weighted by Crippen LogP contribution is -2.35. The summed E-state index contributed by atoms with van der Waals surface area (Å²) in [5.41, 5.74) is 0.0707. The minimum absolute atomic E-state index is 0.00241. The average molecular weight is 616 g/mol. The largest absolute Gasteiger partial charge is 0.465 e. The van der Waals surface area contributed by atoms with Crippen LogP contribution in [0.3, 0.4) is 0 Å². The summed E-state index contributed by atoms with van der Waals surface area (Å²) in [5.74, 6) is -2.34. The van der Waals surface area contributed by atoms with E-state index in [1.54, 1.807) is 11.8 Å². The van der Waals surface area contributed by atoms with Crippen molar-refractivity contribution in [2.75, 3.05) is 38.8 Å². The molecule has 1 aliphatic heterocycles. The fourth-order valence-electron chi connectivity index (χ4n) is 3.70. The van der Waals surface area contributed by atoms with Crippen LogP contribution in [0, 0.1) is 0 Å². The Hall–Kier alpha value is -2.97. The first kappa shape index (κ1) is 34.2. The molecule has 0 aliphatic carbocycles. The number of thioether (sulfide) groups is 1. The molecular formula is C27H37NO11S2. The van der Waals surface area contributed by atoms with Gasteiger partial charge in [-0.05, 0) is 43.5 Å². The number of ether oxygens (including phenoxy) is 4. The first-order valence-corrected chi connectivity index (χ1v) is 16.0. The number of hydrogen-bond acceptors (Lipinski definition) is 12. The van der Waals surface area contributed by atoms with Crippen molar-refractivity contribution in [2.24, 2.45) is 0 Å². The van der Waals surface area contributed by atoms with Gasteiger partial charge in [0.2, 0.25) is 11.8 Å². The van der Waals surface area contributed by atoms with E-state index in [0.29, 0.717) is 18.3 Å². The minimum atomic E-state index is -4.33. The van der Waals surface area contributed by atoms with Crippen LogP contribution >= 0.6 is 11.8 Å². The highest BCUT2D eigenvalue weighted by atomic mass is 32.2. The molecule has 0 N–H and O–H groups in total. The predicted octanol–water partition coefficient (Wildman–Crippen LogP) is 2.88. The molecule has 41 heavy (non-hydrogen) atoms. The van der Waals surface area contributed by atoms with Gasteiger partial charge in [0, 0.05) is 36.7 Å². The van der Waals surface area contributed by atoms with Crippen molar-refractivity contribution in [2.45, 2.75) is 68.9 Å². The lowest BCUT2D eigenvalue weighted by molar-refractivity contribution is -0.146. The summed E-state index contributed by atoms with van der Waals surface area (Å²) in [6.07, 6.45) is 2.39. The molecule has 1 aromatic carbocycles. The van der Waals surface area contributed by atoms with E-state index in [9.17, 15) is 32.4 Å². The topological polar surface area (TPSA) is 160 Å². The van der Waals surface area contributed by atoms with Gasteiger partial charge in [-0.1, -0.05) is 13.8 Å². The molecule has 0 unspecified atom stereocenters. The van der Waals surface area contributed by atoms with Gasteiger partial charge in [0.05, 0.1) is 23.7 Å². The Kier molecular flexibility index (Phi) is 14.8. The van der Waals surface area contributed by atoms with Crippen LogP contribution in [0.5, 0.6) is 0 Å². The van der Waals surface area contributed by atoms with Crippen LogP contribution in [-0.4, -0.2) is 86.5 Å². The van der Waals surface area contributed by atoms with E-state index in [0.717, 1.165) is 30.7 Å². The van der Waals surface area contributed by atoms with Gasteiger partial charge in [0.15, 0.2) is 0 Å². The van der Waals surface area contributed by atoms with Gasteiger partial charge in [-0.2, -0.15) is 16.1 Å². The van der Waals surface area contributed by atoms with Gasteiger partial charge in [0.1, 0.15) is 19.8 Å². The maximum atomic E-state index is 12.5. The first-order valence-electron chi connectivity index (χ1n) is 13.5. The molecule has 0 atom stereocenters. The lowest BCUT2D eigenvalue weighted by Gasteiger charge is -2.14. The molecule has 0 bridgehead atoms. The van der Waals surface area contributed by atoms with Gasteiger partial charge >= 0.3 is 17.9 Å². The monoisotopic (exact) mass is 615 g/mol. The lowest BCUT2D eigenvalue weighted by atomic mass is 10.2. The third kappa shape index (κ3) is 11.4. The quantitative estimate of drug-likeness (QED) is 0.0970. The molecule has 1 aliphatic rings. The van der Waals surface area contributed by atoms with E-state index < -0.39 is 33.8 Å². The fourth-order valence-corrected chi connectivity index (χ4v) is 6.10. The van der Waals surface area contributed by atoms with E-state index in [4.69, 9.17) is 18.9 Å². The van der Waals surface area contributed by atoms with Gasteiger partial charge in [-0.25, -0.2) is 13.2 Å². The Labute approximate surface area is 244 Å². The summed E-state index contributed by atoms with van der Waals surface area (Å²) < 4.78 is 45.9. The van der Waals surface area contributed by atoms with Crippen LogP contribution < -0.4 is 0 Å². The molecule has 1 aromatic rings. The molecule has 0 saturated carbocycles. The molecule has 0 aromatic heterocycles. The SMILES string of the molecule is CCC(CC)SCCOC(=O)CCCC(=O)OCCOCCOC(=O)c1ccc(S(=O)(=O)N2C(=O)CCC2=O)cc1. The Morgan fingerprint density at radius 1 is 0.829 bits per heavy atom. The molecule has 2 rings (SSSR count). The molecule has 0 radical (unpaired) electrons. The van der Waals surface area contributed by atoms with Crippen LogP contribution in [0.1, 0.15) is 69.2 Å². The second-order valence-electron chi connectivity index (χ2n) is 8.93. The molecule has 0 spiro atoms. The van der Waals surface area contributed by atoms with Crippen molar-refractivity contribution in [3.63, 3.8) is 0 Å². The number of hydrogen-bond donors (Lipinski definition) is 0. The van der Waals surface area contributed by atoms with Crippen LogP contribution in [0.2, 0.25) is 0 Å². The van der Waals surface area contributed by atoms with Gasteiger partial charge in [-0.3, -0.25) is 19.2 Å². The molecule has 14 heteroatoms. The molecule has 1 saturated heterocycles. The number of rotatable bonds is 19. The minimum Gasteiger partial charge on any atom is -0.465 e. The number of esters is 3. The number of carbonyl (C=O) groups is 5. The third-order valence-corrected chi connectivity index (χ3v) is 9.25. The highest BCUT2D eigenvalue weighted by Gasteiger charge is 2.39. The van der Waals surface area contributed by atoms with Gasteiger partial charge in [-0.15, -0.1) is 0 Å². The second-order valence-corrected chi connectivity index (χ2v) is 12.1. The number of nitrogens with zero attached hydrogens (tertiary/aromatic N) is 1. The smallest absolute Gasteiger partial charge is 0.338 e. The van der Waals surface area contributed by atoms with Crippen molar-refractivity contribution in [3.05, 3.63) is 29.8 Å². The zero-order valence-electron chi connectivity index (χ0n) is 23.3. The Balaban J connectivity index is 1.54. The fraction of sp³-hybridized carbons (Fsp3) is 0.593. The van der Waals surface area contributed by atoms with Crippen LogP contribution in [-0.2, 0) is 48.1 Å². The Bertz CT molecular complexity index is 1130. The average Bonchev–Trinajstić information content (AvgIpc) is 3.30. The van der Waals surface area contributed by atoms with E-state index in [1.807, 2.05) is 0 Å². The normalized spacial score (nSPS) is 13.5. The summed E-state index contributed by atoms with van der Waals surface area (Å²) in [5, 5.41) is 0.575. The summed E-state index contributed by atoms with van der Waals surface area (Å²) >= 11 is 1.79. The highest BCUT2D eigenvalue weighted by Crippen LogP contribution is 2.23. The summed E-state index contributed by atoms with van der Waals surface area (Å²) in [6, 6.07) is 4.67. The number of carbonyl (C=O) groups excluding carboxylic acids is 5. The van der Waals surface area contributed by atoms with Gasteiger partial charge in [0.25, 0.3) is 10.0 Å². The highest BCUT2D eigenvalue weighted by molar-refractivity contribution is 7.99. The maximum absolute atomic E-state index is 12.5. The van der Waals surface area contributed by atoms with E-state index >= 15 is 0 Å². The number of amides is 2. The molecule has 1 heterocycles. The van der Waals surface area contributed by atoms with E-state index in [2.05, 4.69) is 13.8 Å². The van der Waals surface area contributed by atoms with Crippen molar-refractivity contribution in [1.82, 2.24) is 4.31 Å². The summed E-state index contributed by atoms with van der Waals surface area (Å²) in [7, 11) is -4.33. The van der Waals surface area contributed by atoms with Crippen molar-refractivity contribution in [3.8, 4) is 0 Å². The van der Waals surface area contributed by atoms with Crippen LogP contribution in [0.25, 0.3) is 0 Å². The van der Waals surface area contributed by atoms with Crippen molar-refractivity contribution >= 4 is 51.5 Å². The Morgan fingerprint density at radius 2 is 1.37 bits per heavy atom. The summed E-state index contributed by atoms with van der Waals surface area (Å²) in [4.78, 5) is 58.9. The zero-order valence-corrected chi connectivity index (χ0v) is 25.0. The first-order chi connectivity index (χ1) is 19.6. The molecule has 2 amide bonds. The van der Waals surface area contributed by atoms with Crippen molar-refractivity contribution in [1.29, 1.82) is 0 Å². The standard InChI is InChI=1S/C27H37NO11S2/c1-3-21(4-2)40-19-18-38-26(32)7-5-6-25(31)37-16-14-36-15-17-39-27(33)20-8-10-22(11-9-20)41(34,35)28-23(29)12-13-24(28)30/h8-11,21H,3-7,12-19H2,1-2H3. The van der Waals surface area contributed by atoms with Crippen LogP contribution in [0.15, 0.2) is 29.2 Å². The van der Waals surface area contributed by atoms with Gasteiger partial charge < -0.3 is 18.9 Å².